The second-order valence-corrected chi connectivity index (χ2v) is 13.7. The number of hydrogen-bond donors (Lipinski definition) is 0. The Labute approximate surface area is 280 Å². The van der Waals surface area contributed by atoms with Crippen LogP contribution in [-0.4, -0.2) is 0 Å². The zero-order valence-corrected chi connectivity index (χ0v) is 27.1. The van der Waals surface area contributed by atoms with Crippen molar-refractivity contribution >= 4 is 28.8 Å². The molecule has 0 bridgehead atoms. The van der Waals surface area contributed by atoms with Crippen molar-refractivity contribution in [3.05, 3.63) is 161 Å². The van der Waals surface area contributed by atoms with Crippen LogP contribution < -0.4 is 4.90 Å². The summed E-state index contributed by atoms with van der Waals surface area (Å²) in [5, 5.41) is 20.5. The molecule has 224 valence electrons. The third-order valence-electron chi connectivity index (χ3n) is 9.77. The van der Waals surface area contributed by atoms with Gasteiger partial charge in [0.05, 0.1) is 22.5 Å². The van der Waals surface area contributed by atoms with E-state index in [1.165, 1.54) is 44.1 Å². The quantitative estimate of drug-likeness (QED) is 0.183. The van der Waals surface area contributed by atoms with Gasteiger partial charge < -0.3 is 4.90 Å². The monoisotopic (exact) mass is 621 g/mol. The van der Waals surface area contributed by atoms with Crippen LogP contribution in [0.1, 0.15) is 47.2 Å². The summed E-state index contributed by atoms with van der Waals surface area (Å²) in [6.45, 7) is 4.63. The van der Waals surface area contributed by atoms with E-state index >= 15 is 0 Å². The summed E-state index contributed by atoms with van der Waals surface area (Å²) in [4.78, 5) is 4.74. The van der Waals surface area contributed by atoms with Crippen molar-refractivity contribution in [3.63, 3.8) is 0 Å². The number of hydrogen-bond acceptors (Lipinski definition) is 4. The van der Waals surface area contributed by atoms with Gasteiger partial charge in [0.25, 0.3) is 0 Å². The molecule has 0 radical (unpaired) electrons. The fourth-order valence-electron chi connectivity index (χ4n) is 7.53. The van der Waals surface area contributed by atoms with Gasteiger partial charge in [0.1, 0.15) is 12.1 Å². The minimum atomic E-state index is -0.163. The molecule has 0 aliphatic carbocycles. The largest absolute Gasteiger partial charge is 0.310 e. The van der Waals surface area contributed by atoms with Gasteiger partial charge in [-0.1, -0.05) is 117 Å². The Hall–Kier alpha value is -5.55. The average Bonchev–Trinajstić information content (AvgIpc) is 3.13. The number of benzene rings is 6. The lowest BCUT2D eigenvalue weighted by Crippen LogP contribution is -2.31. The fraction of sp³-hybridized carbons (Fsp3) is 0.116. The molecule has 6 aromatic rings. The van der Waals surface area contributed by atoms with E-state index in [1.807, 2.05) is 6.07 Å². The molecule has 47 heavy (non-hydrogen) atoms. The van der Waals surface area contributed by atoms with E-state index in [0.717, 1.165) is 27.3 Å². The van der Waals surface area contributed by atoms with Crippen molar-refractivity contribution in [3.8, 4) is 34.4 Å². The Morgan fingerprint density at radius 1 is 0.532 bits per heavy atom. The normalized spacial score (nSPS) is 14.0. The molecule has 8 rings (SSSR count). The van der Waals surface area contributed by atoms with Crippen molar-refractivity contribution < 1.29 is 0 Å². The summed E-state index contributed by atoms with van der Waals surface area (Å²) in [6, 6.07) is 49.8. The fourth-order valence-corrected chi connectivity index (χ4v) is 8.64. The van der Waals surface area contributed by atoms with Crippen LogP contribution in [0, 0.1) is 22.7 Å². The van der Waals surface area contributed by atoms with E-state index in [-0.39, 0.29) is 5.41 Å². The molecule has 0 N–H and O–H groups in total. The zero-order valence-electron chi connectivity index (χ0n) is 26.3. The van der Waals surface area contributed by atoms with Crippen molar-refractivity contribution in [2.45, 2.75) is 41.9 Å². The average molecular weight is 622 g/mol. The first kappa shape index (κ1) is 28.9. The van der Waals surface area contributed by atoms with Crippen LogP contribution in [0.15, 0.2) is 137 Å². The summed E-state index contributed by atoms with van der Waals surface area (Å²) in [6.07, 6.45) is 1.30. The molecule has 2 aliphatic heterocycles. The van der Waals surface area contributed by atoms with Gasteiger partial charge in [0.2, 0.25) is 0 Å². The smallest absolute Gasteiger partial charge is 0.101 e. The van der Waals surface area contributed by atoms with Crippen LogP contribution in [0.4, 0.5) is 17.1 Å². The lowest BCUT2D eigenvalue weighted by atomic mass is 9.73. The summed E-state index contributed by atoms with van der Waals surface area (Å²) in [7, 11) is 0. The minimum Gasteiger partial charge on any atom is -0.310 e. The van der Waals surface area contributed by atoms with Crippen LogP contribution in [0.5, 0.6) is 0 Å². The lowest BCUT2D eigenvalue weighted by molar-refractivity contribution is 0.631. The number of nitriles is 2. The van der Waals surface area contributed by atoms with Crippen molar-refractivity contribution in [2.24, 2.45) is 0 Å². The van der Waals surface area contributed by atoms with Gasteiger partial charge in [-0.3, -0.25) is 0 Å². The summed E-state index contributed by atoms with van der Waals surface area (Å²) >= 11 is 1.76. The minimum absolute atomic E-state index is 0.163. The molecule has 0 fully saturated rings. The lowest BCUT2D eigenvalue weighted by Gasteiger charge is -2.42. The highest BCUT2D eigenvalue weighted by molar-refractivity contribution is 7.99. The number of fused-ring (bicyclic) bond motifs is 8. The van der Waals surface area contributed by atoms with E-state index in [1.54, 1.807) is 17.8 Å². The van der Waals surface area contributed by atoms with Gasteiger partial charge in [-0.15, -0.1) is 0 Å². The number of nitrogens with zero attached hydrogens (tertiary/aromatic N) is 3. The second-order valence-electron chi connectivity index (χ2n) is 12.6. The second kappa shape index (κ2) is 11.4. The Morgan fingerprint density at radius 3 is 1.66 bits per heavy atom. The maximum atomic E-state index is 10.4. The SMILES string of the molecule is CC1(C)c2ccccc2N(c2cccc3c2CCc2c(ccc(C#N)c2C#N)-c2ccccc2Sc2ccccc2-3)c2ccccc21. The molecule has 0 unspecified atom stereocenters. The molecule has 0 aromatic heterocycles. The standard InChI is InChI=1S/C43H31N3S/c1-43(2)36-15-5-7-17-39(36)46(40-18-8-6-16-37(40)43)38-19-11-14-29-32(38)25-24-31-30(23-22-28(26-44)35(31)27-45)34-13-4-10-21-42(34)47-41-20-9-3-12-33(29)41/h3-23H,24-25H2,1-2H3. The maximum Gasteiger partial charge on any atom is 0.101 e. The van der Waals surface area contributed by atoms with Crippen molar-refractivity contribution in [2.75, 3.05) is 4.90 Å². The summed E-state index contributed by atoms with van der Waals surface area (Å²) < 4.78 is 0. The topological polar surface area (TPSA) is 50.8 Å². The van der Waals surface area contributed by atoms with Gasteiger partial charge in [-0.2, -0.15) is 10.5 Å². The number of anilines is 3. The van der Waals surface area contributed by atoms with Crippen LogP contribution in [0.2, 0.25) is 0 Å². The highest BCUT2D eigenvalue weighted by Crippen LogP contribution is 2.54. The van der Waals surface area contributed by atoms with E-state index in [0.29, 0.717) is 24.0 Å². The van der Waals surface area contributed by atoms with Crippen molar-refractivity contribution in [1.82, 2.24) is 0 Å². The molecule has 4 heteroatoms. The van der Waals surface area contributed by atoms with E-state index in [2.05, 4.69) is 146 Å². The Morgan fingerprint density at radius 2 is 1.04 bits per heavy atom. The molecule has 6 aromatic carbocycles. The van der Waals surface area contributed by atoms with Gasteiger partial charge in [0.15, 0.2) is 0 Å². The van der Waals surface area contributed by atoms with E-state index in [4.69, 9.17) is 0 Å². The third kappa shape index (κ3) is 4.57. The van der Waals surface area contributed by atoms with Crippen LogP contribution >= 0.6 is 11.8 Å². The van der Waals surface area contributed by atoms with E-state index < -0.39 is 0 Å². The molecule has 2 aliphatic rings. The highest BCUT2D eigenvalue weighted by Gasteiger charge is 2.37. The molecule has 0 saturated heterocycles. The van der Waals surface area contributed by atoms with E-state index in [9.17, 15) is 10.5 Å². The van der Waals surface area contributed by atoms with Crippen LogP contribution in [0.25, 0.3) is 22.3 Å². The third-order valence-corrected chi connectivity index (χ3v) is 10.9. The number of rotatable bonds is 1. The highest BCUT2D eigenvalue weighted by atomic mass is 32.2. The van der Waals surface area contributed by atoms with Crippen LogP contribution in [0.3, 0.4) is 0 Å². The predicted molar refractivity (Wildman–Crippen MR) is 192 cm³/mol. The van der Waals surface area contributed by atoms with Gasteiger partial charge in [0, 0.05) is 20.9 Å². The Balaban J connectivity index is 1.43. The first-order valence-corrected chi connectivity index (χ1v) is 16.8. The molecule has 2 heterocycles. The summed E-state index contributed by atoms with van der Waals surface area (Å²) in [5.74, 6) is 0. The first-order chi connectivity index (χ1) is 23.0. The predicted octanol–water partition coefficient (Wildman–Crippen LogP) is 11.1. The molecule has 0 atom stereocenters. The van der Waals surface area contributed by atoms with Gasteiger partial charge in [-0.05, 0) is 93.7 Å². The molecule has 3 nitrogen and oxygen atoms in total. The van der Waals surface area contributed by atoms with Crippen LogP contribution in [-0.2, 0) is 18.3 Å². The van der Waals surface area contributed by atoms with Gasteiger partial charge >= 0.3 is 0 Å². The maximum absolute atomic E-state index is 10.4. The Kier molecular flexibility index (Phi) is 6.98. The molecule has 0 spiro atoms. The molecular weight excluding hydrogens is 591 g/mol. The molecular formula is C43H31N3S. The molecule has 0 amide bonds. The van der Waals surface area contributed by atoms with Gasteiger partial charge in [-0.25, -0.2) is 0 Å². The first-order valence-electron chi connectivity index (χ1n) is 15.9. The summed E-state index contributed by atoms with van der Waals surface area (Å²) in [5.41, 5.74) is 13.4. The van der Waals surface area contributed by atoms with Crippen molar-refractivity contribution in [1.29, 1.82) is 10.5 Å². The number of para-hydroxylation sites is 2. The zero-order chi connectivity index (χ0) is 32.1. The Bertz CT molecular complexity index is 2250. The molecule has 0 saturated carbocycles.